The van der Waals surface area contributed by atoms with Crippen LogP contribution in [0.5, 0.6) is 28.7 Å². The van der Waals surface area contributed by atoms with Gasteiger partial charge in [-0.05, 0) is 24.1 Å². The monoisotopic (exact) mass is 318 g/mol. The molecule has 0 atom stereocenters. The first-order valence-corrected chi connectivity index (χ1v) is 6.95. The fourth-order valence-corrected chi connectivity index (χ4v) is 2.26. The number of phenolic OH excluding ortho intramolecular Hbond substituents is 3. The molecule has 0 aliphatic carbocycles. The molecule has 0 aromatic heterocycles. The van der Waals surface area contributed by atoms with Crippen LogP contribution in [-0.4, -0.2) is 35.3 Å². The van der Waals surface area contributed by atoms with Gasteiger partial charge in [-0.25, -0.2) is 0 Å². The van der Waals surface area contributed by atoms with Gasteiger partial charge < -0.3 is 24.8 Å². The van der Waals surface area contributed by atoms with E-state index in [0.717, 1.165) is 5.56 Å². The summed E-state index contributed by atoms with van der Waals surface area (Å²) in [7, 11) is 2.85. The van der Waals surface area contributed by atoms with Crippen molar-refractivity contribution in [1.29, 1.82) is 0 Å². The predicted octanol–water partition coefficient (Wildman–Crippen LogP) is 2.64. The van der Waals surface area contributed by atoms with Crippen LogP contribution in [0.3, 0.4) is 0 Å². The molecule has 23 heavy (non-hydrogen) atoms. The van der Waals surface area contributed by atoms with Crippen molar-refractivity contribution in [3.8, 4) is 28.7 Å². The van der Waals surface area contributed by atoms with Gasteiger partial charge >= 0.3 is 0 Å². The average molecular weight is 318 g/mol. The standard InChI is InChI=1S/C17H18O6/c1-22-11-8-14(20)17(15(21)9-11)12(18)5-3-10-4-6-16(23-2)13(19)7-10/h4,6-9,19-21H,3,5H2,1-2H3. The van der Waals surface area contributed by atoms with Crippen LogP contribution < -0.4 is 9.47 Å². The highest BCUT2D eigenvalue weighted by atomic mass is 16.5. The molecule has 2 rings (SSSR count). The molecule has 0 bridgehead atoms. The molecule has 0 saturated heterocycles. The summed E-state index contributed by atoms with van der Waals surface area (Å²) in [5, 5.41) is 29.4. The van der Waals surface area contributed by atoms with E-state index in [4.69, 9.17) is 9.47 Å². The van der Waals surface area contributed by atoms with Crippen LogP contribution in [0.4, 0.5) is 0 Å². The fraction of sp³-hybridized carbons (Fsp3) is 0.235. The van der Waals surface area contributed by atoms with Crippen molar-refractivity contribution >= 4 is 5.78 Å². The summed E-state index contributed by atoms with van der Waals surface area (Å²) in [6.45, 7) is 0. The molecule has 0 aliphatic heterocycles. The molecule has 0 unspecified atom stereocenters. The van der Waals surface area contributed by atoms with Crippen LogP contribution in [-0.2, 0) is 6.42 Å². The average Bonchev–Trinajstić information content (AvgIpc) is 2.52. The number of hydrogen-bond acceptors (Lipinski definition) is 6. The van der Waals surface area contributed by atoms with Crippen LogP contribution in [0.2, 0.25) is 0 Å². The summed E-state index contributed by atoms with van der Waals surface area (Å²) in [5.41, 5.74) is 0.604. The van der Waals surface area contributed by atoms with Crippen LogP contribution in [0, 0.1) is 0 Å². The first kappa shape index (κ1) is 16.5. The van der Waals surface area contributed by atoms with Gasteiger partial charge in [-0.1, -0.05) is 6.07 Å². The third-order valence-corrected chi connectivity index (χ3v) is 3.47. The van der Waals surface area contributed by atoms with Gasteiger partial charge in [0.15, 0.2) is 17.3 Å². The molecule has 122 valence electrons. The molecule has 3 N–H and O–H groups in total. The van der Waals surface area contributed by atoms with Crippen molar-refractivity contribution in [2.75, 3.05) is 14.2 Å². The minimum atomic E-state index is -0.405. The Hall–Kier alpha value is -2.89. The Balaban J connectivity index is 2.12. The summed E-state index contributed by atoms with van der Waals surface area (Å²) in [6.07, 6.45) is 0.417. The molecular formula is C17H18O6. The number of ether oxygens (including phenoxy) is 2. The topological polar surface area (TPSA) is 96.2 Å². The number of carbonyl (C=O) groups excluding carboxylic acids is 1. The molecular weight excluding hydrogens is 300 g/mol. The normalized spacial score (nSPS) is 10.3. The van der Waals surface area contributed by atoms with Crippen molar-refractivity contribution < 1.29 is 29.6 Å². The Morgan fingerprint density at radius 2 is 1.61 bits per heavy atom. The van der Waals surface area contributed by atoms with Crippen molar-refractivity contribution in [2.24, 2.45) is 0 Å². The second-order valence-corrected chi connectivity index (χ2v) is 4.97. The van der Waals surface area contributed by atoms with E-state index in [1.54, 1.807) is 12.1 Å². The number of phenols is 3. The molecule has 0 amide bonds. The molecule has 2 aromatic rings. The molecule has 2 aromatic carbocycles. The molecule has 0 spiro atoms. The maximum atomic E-state index is 12.2. The van der Waals surface area contributed by atoms with Gasteiger partial charge in [-0.2, -0.15) is 0 Å². The van der Waals surface area contributed by atoms with Gasteiger partial charge in [0.1, 0.15) is 22.8 Å². The zero-order chi connectivity index (χ0) is 17.0. The lowest BCUT2D eigenvalue weighted by Gasteiger charge is -2.09. The number of aromatic hydroxyl groups is 3. The minimum absolute atomic E-state index is 0.00686. The zero-order valence-corrected chi connectivity index (χ0v) is 12.9. The van der Waals surface area contributed by atoms with Crippen molar-refractivity contribution in [3.63, 3.8) is 0 Å². The van der Waals surface area contributed by atoms with Gasteiger partial charge in [-0.15, -0.1) is 0 Å². The van der Waals surface area contributed by atoms with Crippen LogP contribution in [0.15, 0.2) is 30.3 Å². The van der Waals surface area contributed by atoms with E-state index in [-0.39, 0.29) is 35.0 Å². The van der Waals surface area contributed by atoms with Gasteiger partial charge in [0.25, 0.3) is 0 Å². The molecule has 0 saturated carbocycles. The van der Waals surface area contributed by atoms with Crippen molar-refractivity contribution in [3.05, 3.63) is 41.5 Å². The Morgan fingerprint density at radius 1 is 0.957 bits per heavy atom. The molecule has 0 aliphatic rings. The second kappa shape index (κ2) is 6.91. The van der Waals surface area contributed by atoms with Crippen LogP contribution in [0.1, 0.15) is 22.3 Å². The molecule has 6 nitrogen and oxygen atoms in total. The highest BCUT2D eigenvalue weighted by Gasteiger charge is 2.18. The number of benzene rings is 2. The smallest absolute Gasteiger partial charge is 0.170 e. The summed E-state index contributed by atoms with van der Waals surface area (Å²) in [4.78, 5) is 12.2. The molecule has 6 heteroatoms. The van der Waals surface area contributed by atoms with E-state index in [1.807, 2.05) is 0 Å². The number of carbonyl (C=O) groups is 1. The lowest BCUT2D eigenvalue weighted by Crippen LogP contribution is -2.03. The highest BCUT2D eigenvalue weighted by Crippen LogP contribution is 2.34. The number of ketones is 1. The largest absolute Gasteiger partial charge is 0.507 e. The maximum absolute atomic E-state index is 12.2. The summed E-state index contributed by atoms with van der Waals surface area (Å²) in [5.74, 6) is -0.457. The lowest BCUT2D eigenvalue weighted by molar-refractivity contribution is 0.0977. The summed E-state index contributed by atoms with van der Waals surface area (Å²) in [6, 6.07) is 7.40. The Kier molecular flexibility index (Phi) is 4.95. The first-order chi connectivity index (χ1) is 11.0. The number of Topliss-reactive ketones (excluding diaryl/α,β-unsaturated/α-hetero) is 1. The quantitative estimate of drug-likeness (QED) is 0.709. The van der Waals surface area contributed by atoms with E-state index >= 15 is 0 Å². The maximum Gasteiger partial charge on any atom is 0.170 e. The summed E-state index contributed by atoms with van der Waals surface area (Å²) < 4.78 is 9.86. The van der Waals surface area contributed by atoms with Crippen LogP contribution >= 0.6 is 0 Å². The van der Waals surface area contributed by atoms with E-state index < -0.39 is 5.78 Å². The molecule has 0 radical (unpaired) electrons. The first-order valence-electron chi connectivity index (χ1n) is 6.95. The highest BCUT2D eigenvalue weighted by molar-refractivity contribution is 6.01. The SMILES string of the molecule is COc1cc(O)c(C(=O)CCc2ccc(OC)c(O)c2)c(O)c1. The fourth-order valence-electron chi connectivity index (χ4n) is 2.26. The molecule has 0 fully saturated rings. The second-order valence-electron chi connectivity index (χ2n) is 4.97. The van der Waals surface area contributed by atoms with Gasteiger partial charge in [0.2, 0.25) is 0 Å². The van der Waals surface area contributed by atoms with E-state index in [2.05, 4.69) is 0 Å². The van der Waals surface area contributed by atoms with E-state index in [1.165, 1.54) is 32.4 Å². The molecule has 0 heterocycles. The Labute approximate surface area is 133 Å². The van der Waals surface area contributed by atoms with Gasteiger partial charge in [-0.3, -0.25) is 4.79 Å². The lowest BCUT2D eigenvalue weighted by atomic mass is 10.0. The summed E-state index contributed by atoms with van der Waals surface area (Å²) >= 11 is 0. The van der Waals surface area contributed by atoms with Crippen LogP contribution in [0.25, 0.3) is 0 Å². The van der Waals surface area contributed by atoms with Gasteiger partial charge in [0.05, 0.1) is 14.2 Å². The van der Waals surface area contributed by atoms with Gasteiger partial charge in [0, 0.05) is 18.6 Å². The number of aryl methyl sites for hydroxylation is 1. The predicted molar refractivity (Wildman–Crippen MR) is 83.6 cm³/mol. The zero-order valence-electron chi connectivity index (χ0n) is 12.9. The Bertz CT molecular complexity index is 700. The number of methoxy groups -OCH3 is 2. The minimum Gasteiger partial charge on any atom is -0.507 e. The van der Waals surface area contributed by atoms with E-state index in [9.17, 15) is 20.1 Å². The Morgan fingerprint density at radius 3 is 2.13 bits per heavy atom. The number of hydrogen-bond donors (Lipinski definition) is 3. The van der Waals surface area contributed by atoms with Crippen molar-refractivity contribution in [1.82, 2.24) is 0 Å². The third-order valence-electron chi connectivity index (χ3n) is 3.47. The van der Waals surface area contributed by atoms with E-state index in [0.29, 0.717) is 12.2 Å². The number of rotatable bonds is 6. The third kappa shape index (κ3) is 3.66. The van der Waals surface area contributed by atoms with Crippen molar-refractivity contribution in [2.45, 2.75) is 12.8 Å².